The molecule has 3 nitrogen and oxygen atoms in total. The van der Waals surface area contributed by atoms with Crippen molar-refractivity contribution in [3.05, 3.63) is 23.6 Å². The van der Waals surface area contributed by atoms with Gasteiger partial charge < -0.3 is 4.74 Å². The van der Waals surface area contributed by atoms with Crippen LogP contribution in [0.5, 0.6) is 5.88 Å². The Morgan fingerprint density at radius 2 is 2.42 bits per heavy atom. The fourth-order valence-electron chi connectivity index (χ4n) is 0.801. The van der Waals surface area contributed by atoms with Gasteiger partial charge in [0.1, 0.15) is 5.82 Å². The Morgan fingerprint density at radius 3 is 3.00 bits per heavy atom. The minimum atomic E-state index is -0.438. The Bertz CT molecular complexity index is 319. The zero-order valence-electron chi connectivity index (χ0n) is 6.54. The molecule has 1 heterocycles. The van der Waals surface area contributed by atoms with Gasteiger partial charge in [-0.15, -0.1) is 0 Å². The van der Waals surface area contributed by atoms with E-state index in [1.807, 2.05) is 6.07 Å². The fourth-order valence-corrected chi connectivity index (χ4v) is 0.801. The first kappa shape index (κ1) is 8.47. The maximum absolute atomic E-state index is 12.7. The smallest absolute Gasteiger partial charge is 0.216 e. The van der Waals surface area contributed by atoms with Crippen LogP contribution in [0.3, 0.4) is 0 Å². The molecule has 0 bridgehead atoms. The number of nitriles is 1. The normalized spacial score (nSPS) is 9.08. The third-order valence-electron chi connectivity index (χ3n) is 1.29. The molecular weight excluding hydrogens is 159 g/mol. The van der Waals surface area contributed by atoms with E-state index in [-0.39, 0.29) is 12.3 Å². The van der Waals surface area contributed by atoms with Gasteiger partial charge in [0.15, 0.2) is 0 Å². The number of pyridine rings is 1. The Labute approximate surface area is 69.4 Å². The number of rotatable bonds is 2. The van der Waals surface area contributed by atoms with Gasteiger partial charge >= 0.3 is 0 Å². The first-order valence-electron chi connectivity index (χ1n) is 3.33. The van der Waals surface area contributed by atoms with E-state index >= 15 is 0 Å². The minimum Gasteiger partial charge on any atom is -0.481 e. The summed E-state index contributed by atoms with van der Waals surface area (Å²) in [4.78, 5) is 3.86. The molecule has 0 aromatic carbocycles. The van der Waals surface area contributed by atoms with Gasteiger partial charge in [-0.25, -0.2) is 9.37 Å². The summed E-state index contributed by atoms with van der Waals surface area (Å²) in [5.74, 6) is -0.243. The van der Waals surface area contributed by atoms with Crippen molar-refractivity contribution in [2.24, 2.45) is 0 Å². The summed E-state index contributed by atoms with van der Waals surface area (Å²) in [5.41, 5.74) is 0.384. The van der Waals surface area contributed by atoms with E-state index in [0.717, 1.165) is 0 Å². The number of aromatic nitrogens is 1. The van der Waals surface area contributed by atoms with E-state index in [1.165, 1.54) is 19.2 Å². The van der Waals surface area contributed by atoms with Gasteiger partial charge in [0.05, 0.1) is 25.3 Å². The predicted octanol–water partition coefficient (Wildman–Crippen LogP) is 1.30. The maximum Gasteiger partial charge on any atom is 0.216 e. The standard InChI is InChI=1S/C8H7FN2O/c1-12-8-5-6(9)4-7(11-8)2-3-10/h4-5H,2H2,1H3. The van der Waals surface area contributed by atoms with E-state index in [0.29, 0.717) is 5.69 Å². The Morgan fingerprint density at radius 1 is 1.67 bits per heavy atom. The van der Waals surface area contributed by atoms with Crippen LogP contribution in [-0.4, -0.2) is 12.1 Å². The third kappa shape index (κ3) is 1.92. The van der Waals surface area contributed by atoms with Crippen molar-refractivity contribution in [3.8, 4) is 11.9 Å². The molecule has 0 aliphatic carbocycles. The number of nitrogens with zero attached hydrogens (tertiary/aromatic N) is 2. The molecular formula is C8H7FN2O. The summed E-state index contributed by atoms with van der Waals surface area (Å²) in [7, 11) is 1.40. The van der Waals surface area contributed by atoms with Gasteiger partial charge in [-0.05, 0) is 6.07 Å². The largest absolute Gasteiger partial charge is 0.481 e. The molecule has 0 unspecified atom stereocenters. The highest BCUT2D eigenvalue weighted by molar-refractivity contribution is 5.19. The number of methoxy groups -OCH3 is 1. The van der Waals surface area contributed by atoms with E-state index < -0.39 is 5.82 Å². The molecule has 1 aromatic heterocycles. The quantitative estimate of drug-likeness (QED) is 0.665. The monoisotopic (exact) mass is 166 g/mol. The first-order valence-corrected chi connectivity index (χ1v) is 3.33. The van der Waals surface area contributed by atoms with Gasteiger partial charge in [0, 0.05) is 6.07 Å². The molecule has 0 N–H and O–H groups in total. The lowest BCUT2D eigenvalue weighted by Crippen LogP contribution is -1.94. The lowest BCUT2D eigenvalue weighted by molar-refractivity contribution is 0.392. The second-order valence-electron chi connectivity index (χ2n) is 2.15. The first-order chi connectivity index (χ1) is 5.76. The Balaban J connectivity index is 2.99. The molecule has 0 spiro atoms. The number of hydrogen-bond donors (Lipinski definition) is 0. The van der Waals surface area contributed by atoms with Crippen molar-refractivity contribution in [1.82, 2.24) is 4.98 Å². The zero-order chi connectivity index (χ0) is 8.97. The number of hydrogen-bond acceptors (Lipinski definition) is 3. The molecule has 0 saturated heterocycles. The molecule has 0 aliphatic rings. The fraction of sp³-hybridized carbons (Fsp3) is 0.250. The topological polar surface area (TPSA) is 45.9 Å². The highest BCUT2D eigenvalue weighted by Gasteiger charge is 2.01. The van der Waals surface area contributed by atoms with Crippen molar-refractivity contribution in [3.63, 3.8) is 0 Å². The lowest BCUT2D eigenvalue weighted by atomic mass is 10.3. The van der Waals surface area contributed by atoms with Crippen LogP contribution in [0.25, 0.3) is 0 Å². The maximum atomic E-state index is 12.7. The summed E-state index contributed by atoms with van der Waals surface area (Å²) in [6.45, 7) is 0. The second-order valence-corrected chi connectivity index (χ2v) is 2.15. The Kier molecular flexibility index (Phi) is 2.59. The lowest BCUT2D eigenvalue weighted by Gasteiger charge is -2.00. The summed E-state index contributed by atoms with van der Waals surface area (Å²) < 4.78 is 17.4. The second kappa shape index (κ2) is 3.67. The molecule has 0 amide bonds. The molecule has 0 atom stereocenters. The molecule has 62 valence electrons. The minimum absolute atomic E-state index is 0.0914. The molecule has 4 heteroatoms. The van der Waals surface area contributed by atoms with E-state index in [4.69, 9.17) is 10.00 Å². The highest BCUT2D eigenvalue weighted by atomic mass is 19.1. The van der Waals surface area contributed by atoms with Crippen molar-refractivity contribution >= 4 is 0 Å². The molecule has 0 fully saturated rings. The van der Waals surface area contributed by atoms with Crippen LogP contribution in [0.4, 0.5) is 4.39 Å². The third-order valence-corrected chi connectivity index (χ3v) is 1.29. The van der Waals surface area contributed by atoms with E-state index in [2.05, 4.69) is 4.98 Å². The molecule has 0 radical (unpaired) electrons. The van der Waals surface area contributed by atoms with Crippen molar-refractivity contribution < 1.29 is 9.13 Å². The van der Waals surface area contributed by atoms with Gasteiger partial charge in [-0.1, -0.05) is 0 Å². The highest BCUT2D eigenvalue weighted by Crippen LogP contribution is 2.10. The van der Waals surface area contributed by atoms with Gasteiger partial charge in [0.25, 0.3) is 0 Å². The number of halogens is 1. The van der Waals surface area contributed by atoms with E-state index in [1.54, 1.807) is 0 Å². The summed E-state index contributed by atoms with van der Waals surface area (Å²) in [6.07, 6.45) is 0.0914. The average Bonchev–Trinajstić information content (AvgIpc) is 2.04. The van der Waals surface area contributed by atoms with Gasteiger partial charge in [-0.2, -0.15) is 5.26 Å². The molecule has 1 rings (SSSR count). The van der Waals surface area contributed by atoms with Crippen LogP contribution in [0.1, 0.15) is 5.69 Å². The van der Waals surface area contributed by atoms with Gasteiger partial charge in [0.2, 0.25) is 5.88 Å². The van der Waals surface area contributed by atoms with Crippen LogP contribution < -0.4 is 4.74 Å². The average molecular weight is 166 g/mol. The van der Waals surface area contributed by atoms with Crippen LogP contribution in [0.15, 0.2) is 12.1 Å². The molecule has 12 heavy (non-hydrogen) atoms. The number of ether oxygens (including phenoxy) is 1. The molecule has 0 saturated carbocycles. The predicted molar refractivity (Wildman–Crippen MR) is 40.1 cm³/mol. The van der Waals surface area contributed by atoms with Crippen molar-refractivity contribution in [1.29, 1.82) is 5.26 Å². The van der Waals surface area contributed by atoms with Crippen molar-refractivity contribution in [2.75, 3.05) is 7.11 Å². The van der Waals surface area contributed by atoms with Gasteiger partial charge in [-0.3, -0.25) is 0 Å². The molecule has 1 aromatic rings. The van der Waals surface area contributed by atoms with Crippen LogP contribution in [-0.2, 0) is 6.42 Å². The Hall–Kier alpha value is -1.63. The SMILES string of the molecule is COc1cc(F)cc(CC#N)n1. The summed E-state index contributed by atoms with van der Waals surface area (Å²) >= 11 is 0. The molecule has 0 aliphatic heterocycles. The van der Waals surface area contributed by atoms with Crippen molar-refractivity contribution in [2.45, 2.75) is 6.42 Å². The van der Waals surface area contributed by atoms with E-state index in [9.17, 15) is 4.39 Å². The van der Waals surface area contributed by atoms with Crippen LogP contribution in [0.2, 0.25) is 0 Å². The van der Waals surface area contributed by atoms with Crippen LogP contribution in [0, 0.1) is 17.1 Å². The van der Waals surface area contributed by atoms with Crippen LogP contribution >= 0.6 is 0 Å². The summed E-state index contributed by atoms with van der Waals surface area (Å²) in [6, 6.07) is 4.26. The summed E-state index contributed by atoms with van der Waals surface area (Å²) in [5, 5.41) is 8.32. The zero-order valence-corrected chi connectivity index (χ0v) is 6.54.